The molecule has 6 rings (SSSR count). The minimum Gasteiger partial charge on any atom is -0.444 e. The van der Waals surface area contributed by atoms with Gasteiger partial charge in [-0.2, -0.15) is 5.10 Å². The molecule has 1 aromatic heterocycles. The molecule has 0 spiro atoms. The number of benzene rings is 2. The van der Waals surface area contributed by atoms with Gasteiger partial charge < -0.3 is 39.1 Å². The first-order chi connectivity index (χ1) is 28.4. The molecular weight excluding hydrogens is 760 g/mol. The Morgan fingerprint density at radius 1 is 0.814 bits per heavy atom. The van der Waals surface area contributed by atoms with E-state index in [4.69, 9.17) is 14.2 Å². The second-order valence-electron chi connectivity index (χ2n) is 16.7. The summed E-state index contributed by atoms with van der Waals surface area (Å²) in [5.41, 5.74) is 0.547. The molecule has 3 aliphatic heterocycles. The number of aromatic amines is 1. The predicted octanol–water partition coefficient (Wildman–Crippen LogP) is 2.82. The van der Waals surface area contributed by atoms with Crippen LogP contribution in [-0.4, -0.2) is 176 Å². The number of amides is 3. The van der Waals surface area contributed by atoms with Crippen molar-refractivity contribution in [1.29, 1.82) is 0 Å². The van der Waals surface area contributed by atoms with Gasteiger partial charge in [0.05, 0.1) is 49.6 Å². The van der Waals surface area contributed by atoms with E-state index in [0.29, 0.717) is 100 Å². The highest BCUT2D eigenvalue weighted by Crippen LogP contribution is 2.22. The van der Waals surface area contributed by atoms with Gasteiger partial charge in [-0.1, -0.05) is 24.3 Å². The van der Waals surface area contributed by atoms with E-state index in [1.54, 1.807) is 29.2 Å². The molecule has 0 bridgehead atoms. The van der Waals surface area contributed by atoms with Crippen molar-refractivity contribution < 1.29 is 33.0 Å². The molecule has 3 fully saturated rings. The predicted molar refractivity (Wildman–Crippen MR) is 222 cm³/mol. The number of H-pyrrole nitrogens is 1. The number of alkyl carbamates (subject to hydrolysis) is 1. The van der Waals surface area contributed by atoms with Gasteiger partial charge >= 0.3 is 6.09 Å². The van der Waals surface area contributed by atoms with Gasteiger partial charge in [0.2, 0.25) is 5.91 Å². The van der Waals surface area contributed by atoms with E-state index in [1.165, 1.54) is 18.9 Å². The van der Waals surface area contributed by atoms with Crippen molar-refractivity contribution in [2.24, 2.45) is 5.92 Å². The van der Waals surface area contributed by atoms with Crippen molar-refractivity contribution >= 4 is 28.7 Å². The number of carbonyl (C=O) groups excluding carboxylic acids is 3. The molecular formula is C43H61FN8O7. The number of likely N-dealkylation sites (tertiary alicyclic amines) is 1. The Bertz CT molecular complexity index is 1920. The molecule has 2 aromatic carbocycles. The summed E-state index contributed by atoms with van der Waals surface area (Å²) in [6, 6.07) is 11.7. The van der Waals surface area contributed by atoms with E-state index in [2.05, 4.69) is 30.2 Å². The maximum Gasteiger partial charge on any atom is 0.407 e. The number of halogens is 1. The fraction of sp³-hybridized carbons (Fsp3) is 0.605. The SMILES string of the molecule is CC(C)(C)OC(=O)NCCOCCOCCN1CCC(CN2CCN(CC(=O)N3CCN(C(=O)c4cc(Cc5n[nH]c(=O)c6ccccc56)ccc4F)CC3)CC2)CC1. The zero-order valence-electron chi connectivity index (χ0n) is 34.9. The van der Waals surface area contributed by atoms with Gasteiger partial charge in [0, 0.05) is 83.8 Å². The Morgan fingerprint density at radius 2 is 1.47 bits per heavy atom. The summed E-state index contributed by atoms with van der Waals surface area (Å²) in [7, 11) is 0. The summed E-state index contributed by atoms with van der Waals surface area (Å²) in [6.45, 7) is 17.6. The molecule has 0 radical (unpaired) electrons. The average Bonchev–Trinajstić information content (AvgIpc) is 3.22. The van der Waals surface area contributed by atoms with E-state index in [0.717, 1.165) is 52.4 Å². The molecule has 0 unspecified atom stereocenters. The molecule has 4 heterocycles. The number of carbonyl (C=O) groups is 3. The molecule has 3 aliphatic rings. The minimum absolute atomic E-state index is 0.00731. The van der Waals surface area contributed by atoms with Crippen LogP contribution in [0.3, 0.4) is 0 Å². The first-order valence-corrected chi connectivity index (χ1v) is 21.0. The first kappa shape index (κ1) is 44.1. The number of hydrogen-bond acceptors (Lipinski definition) is 11. The van der Waals surface area contributed by atoms with Gasteiger partial charge in [0.25, 0.3) is 11.5 Å². The zero-order chi connectivity index (χ0) is 41.8. The van der Waals surface area contributed by atoms with Crippen LogP contribution in [0, 0.1) is 11.7 Å². The Balaban J connectivity index is 0.820. The molecule has 3 aromatic rings. The summed E-state index contributed by atoms with van der Waals surface area (Å²) in [5.74, 6) is -0.249. The second-order valence-corrected chi connectivity index (χ2v) is 16.7. The monoisotopic (exact) mass is 820 g/mol. The lowest BCUT2D eigenvalue weighted by atomic mass is 9.96. The molecule has 2 N–H and O–H groups in total. The maximum absolute atomic E-state index is 15.0. The topological polar surface area (TPSA) is 153 Å². The number of nitrogens with one attached hydrogen (secondary N) is 2. The highest BCUT2D eigenvalue weighted by Gasteiger charge is 2.29. The van der Waals surface area contributed by atoms with Crippen molar-refractivity contribution in [1.82, 2.24) is 40.0 Å². The van der Waals surface area contributed by atoms with Crippen molar-refractivity contribution in [2.45, 2.75) is 45.6 Å². The van der Waals surface area contributed by atoms with Gasteiger partial charge in [-0.05, 0) is 76.4 Å². The van der Waals surface area contributed by atoms with Gasteiger partial charge in [-0.15, -0.1) is 0 Å². The smallest absolute Gasteiger partial charge is 0.407 e. The normalized spacial score (nSPS) is 17.7. The summed E-state index contributed by atoms with van der Waals surface area (Å²) < 4.78 is 31.5. The third kappa shape index (κ3) is 13.3. The van der Waals surface area contributed by atoms with Crippen LogP contribution in [0.4, 0.5) is 9.18 Å². The largest absolute Gasteiger partial charge is 0.444 e. The van der Waals surface area contributed by atoms with Crippen LogP contribution in [0.2, 0.25) is 0 Å². The van der Waals surface area contributed by atoms with E-state index in [1.807, 2.05) is 37.8 Å². The number of piperazine rings is 2. The average molecular weight is 821 g/mol. The Kier molecular flexibility index (Phi) is 15.8. The maximum atomic E-state index is 15.0. The lowest BCUT2D eigenvalue weighted by Crippen LogP contribution is -2.55. The zero-order valence-corrected chi connectivity index (χ0v) is 34.9. The first-order valence-electron chi connectivity index (χ1n) is 21.0. The van der Waals surface area contributed by atoms with Crippen LogP contribution in [0.1, 0.15) is 55.2 Å². The van der Waals surface area contributed by atoms with Crippen molar-refractivity contribution in [3.05, 3.63) is 75.5 Å². The number of rotatable bonds is 16. The molecule has 0 aliphatic carbocycles. The van der Waals surface area contributed by atoms with Crippen molar-refractivity contribution in [3.8, 4) is 0 Å². The Hall–Kier alpha value is -4.48. The van der Waals surface area contributed by atoms with Gasteiger partial charge in [0.1, 0.15) is 11.4 Å². The Morgan fingerprint density at radius 3 is 2.19 bits per heavy atom. The van der Waals surface area contributed by atoms with Gasteiger partial charge in [-0.3, -0.25) is 19.3 Å². The summed E-state index contributed by atoms with van der Waals surface area (Å²) in [5, 5.41) is 10.7. The third-order valence-corrected chi connectivity index (χ3v) is 11.2. The van der Waals surface area contributed by atoms with E-state index < -0.39 is 23.4 Å². The molecule has 322 valence electrons. The molecule has 3 saturated heterocycles. The van der Waals surface area contributed by atoms with E-state index in [-0.39, 0.29) is 17.0 Å². The molecule has 16 heteroatoms. The number of piperidine rings is 1. The van der Waals surface area contributed by atoms with Crippen LogP contribution in [0.15, 0.2) is 47.3 Å². The molecule has 15 nitrogen and oxygen atoms in total. The number of fused-ring (bicyclic) bond motifs is 1. The molecule has 0 atom stereocenters. The van der Waals surface area contributed by atoms with Crippen LogP contribution < -0.4 is 10.9 Å². The van der Waals surface area contributed by atoms with Crippen molar-refractivity contribution in [3.63, 3.8) is 0 Å². The standard InChI is InChI=1S/C43H61FN8O7/c1-43(2,3)59-42(56)45-12-24-57-26-27-58-25-23-48-13-10-32(11-14-48)30-49-15-17-50(18-16-49)31-39(53)51-19-21-52(22-20-51)41(55)36-28-33(8-9-37(36)44)29-38-34-6-4-5-7-35(34)40(54)47-46-38/h4-9,28,32H,10-27,29-31H2,1-3H3,(H,45,56)(H,47,54). The highest BCUT2D eigenvalue weighted by molar-refractivity contribution is 5.95. The van der Waals surface area contributed by atoms with E-state index in [9.17, 15) is 23.6 Å². The summed E-state index contributed by atoms with van der Waals surface area (Å²) >= 11 is 0. The second kappa shape index (κ2) is 21.2. The summed E-state index contributed by atoms with van der Waals surface area (Å²) in [4.78, 5) is 61.3. The summed E-state index contributed by atoms with van der Waals surface area (Å²) in [6.07, 6.45) is 2.23. The highest BCUT2D eigenvalue weighted by atomic mass is 19.1. The van der Waals surface area contributed by atoms with E-state index >= 15 is 0 Å². The van der Waals surface area contributed by atoms with Crippen LogP contribution in [0.5, 0.6) is 0 Å². The number of hydrogen-bond donors (Lipinski definition) is 2. The number of ether oxygens (including phenoxy) is 3. The fourth-order valence-corrected chi connectivity index (χ4v) is 7.91. The molecule has 59 heavy (non-hydrogen) atoms. The quantitative estimate of drug-likeness (QED) is 0.205. The fourth-order valence-electron chi connectivity index (χ4n) is 7.91. The van der Waals surface area contributed by atoms with Gasteiger partial charge in [0.15, 0.2) is 0 Å². The lowest BCUT2D eigenvalue weighted by Gasteiger charge is -2.40. The third-order valence-electron chi connectivity index (χ3n) is 11.2. The van der Waals surface area contributed by atoms with Crippen LogP contribution in [0.25, 0.3) is 10.8 Å². The van der Waals surface area contributed by atoms with Gasteiger partial charge in [-0.25, -0.2) is 14.3 Å². The number of aromatic nitrogens is 2. The molecule has 0 saturated carbocycles. The van der Waals surface area contributed by atoms with Crippen molar-refractivity contribution in [2.75, 3.05) is 118 Å². The number of nitrogens with zero attached hydrogens (tertiary/aromatic N) is 6. The molecule has 3 amide bonds. The lowest BCUT2D eigenvalue weighted by molar-refractivity contribution is -0.134. The van der Waals surface area contributed by atoms with Crippen LogP contribution in [-0.2, 0) is 25.4 Å². The Labute approximate surface area is 346 Å². The minimum atomic E-state index is -0.592. The van der Waals surface area contributed by atoms with Crippen LogP contribution >= 0.6 is 0 Å².